The predicted octanol–water partition coefficient (Wildman–Crippen LogP) is 0.870. The molecule has 2 heterocycles. The Morgan fingerprint density at radius 2 is 1.94 bits per heavy atom. The van der Waals surface area contributed by atoms with Crippen molar-refractivity contribution in [1.29, 1.82) is 0 Å². The van der Waals surface area contributed by atoms with Gasteiger partial charge in [0, 0.05) is 17.5 Å². The fourth-order valence-corrected chi connectivity index (χ4v) is 6.09. The highest BCUT2D eigenvalue weighted by atomic mass is 32.2. The van der Waals surface area contributed by atoms with E-state index in [-0.39, 0.29) is 28.4 Å². The lowest BCUT2D eigenvalue weighted by molar-refractivity contribution is -0.150. The minimum Gasteiger partial charge on any atom is -0.478 e. The molecular formula is C23H29N3O8S. The molecule has 0 saturated carbocycles. The third-order valence-corrected chi connectivity index (χ3v) is 7.97. The van der Waals surface area contributed by atoms with Gasteiger partial charge in [-0.15, -0.1) is 11.8 Å². The van der Waals surface area contributed by atoms with Crippen molar-refractivity contribution in [2.45, 2.75) is 49.0 Å². The predicted molar refractivity (Wildman–Crippen MR) is 129 cm³/mol. The number of ether oxygens (including phenoxy) is 1. The van der Waals surface area contributed by atoms with Crippen molar-refractivity contribution in [3.8, 4) is 0 Å². The van der Waals surface area contributed by atoms with Gasteiger partial charge in [-0.2, -0.15) is 0 Å². The molecule has 35 heavy (non-hydrogen) atoms. The number of hydrogen-bond acceptors (Lipinski definition) is 9. The van der Waals surface area contributed by atoms with Crippen molar-refractivity contribution in [3.63, 3.8) is 0 Å². The van der Waals surface area contributed by atoms with Crippen LogP contribution in [0.1, 0.15) is 30.6 Å². The number of nitrogens with one attached hydrogen (secondary N) is 2. The zero-order valence-electron chi connectivity index (χ0n) is 19.5. The molecule has 1 aromatic rings. The van der Waals surface area contributed by atoms with Gasteiger partial charge in [0.15, 0.2) is 0 Å². The van der Waals surface area contributed by atoms with Crippen molar-refractivity contribution in [3.05, 3.63) is 29.8 Å². The number of anilines is 1. The summed E-state index contributed by atoms with van der Waals surface area (Å²) in [5.74, 6) is -4.61. The molecule has 11 nitrogen and oxygen atoms in total. The number of aliphatic hydroxyl groups excluding tert-OH is 1. The van der Waals surface area contributed by atoms with E-state index in [0.717, 1.165) is 0 Å². The highest BCUT2D eigenvalue weighted by Crippen LogP contribution is 2.40. The van der Waals surface area contributed by atoms with Crippen molar-refractivity contribution in [2.75, 3.05) is 19.0 Å². The van der Waals surface area contributed by atoms with E-state index in [2.05, 4.69) is 15.6 Å². The lowest BCUT2D eigenvalue weighted by Crippen LogP contribution is -2.40. The molecule has 5 N–H and O–H groups in total. The Labute approximate surface area is 206 Å². The topological polar surface area (TPSA) is 175 Å². The van der Waals surface area contributed by atoms with Crippen LogP contribution in [0.3, 0.4) is 0 Å². The van der Waals surface area contributed by atoms with Crippen LogP contribution < -0.4 is 10.6 Å². The van der Waals surface area contributed by atoms with Crippen LogP contribution >= 0.6 is 11.8 Å². The molecule has 12 heteroatoms. The summed E-state index contributed by atoms with van der Waals surface area (Å²) in [4.78, 5) is 52.3. The number of amides is 1. The molecule has 190 valence electrons. The van der Waals surface area contributed by atoms with E-state index in [0.29, 0.717) is 18.7 Å². The third-order valence-electron chi connectivity index (χ3n) is 6.28. The standard InChI is InChI=1S/C23H29N3O8S/c1-10-17(16(11(2)27)23(33)34-3)26-18(22(31)32)19(10)35-14-8-15(24-9-14)20(28)25-13-6-4-5-12(7-13)21(29)30/h4-7,10-11,14-17,19,24,27H,8-9H2,1-3H3,(H,25,28)(H,29,30)(H,31,32)/t10-,11-,14+,15+,16-,17?,19?/m1/s1. The number of hydrogen-bond donors (Lipinski definition) is 5. The fraction of sp³-hybridized carbons (Fsp3) is 0.522. The van der Waals surface area contributed by atoms with Gasteiger partial charge in [0.25, 0.3) is 0 Å². The number of methoxy groups -OCH3 is 1. The number of aliphatic carboxylic acids is 1. The SMILES string of the molecule is COC(=O)[C@@H](C1N=C(C(=O)O)C(S[C@@H]2CN[C@H](C(=O)Nc3cccc(C(=O)O)c3)C2)[C@@H]1C)[C@@H](C)O. The van der Waals surface area contributed by atoms with Gasteiger partial charge in [-0.3, -0.25) is 14.6 Å². The molecule has 2 aliphatic heterocycles. The first kappa shape index (κ1) is 26.6. The zero-order chi connectivity index (χ0) is 25.9. The van der Waals surface area contributed by atoms with E-state index in [1.165, 1.54) is 37.9 Å². The third kappa shape index (κ3) is 6.00. The molecular weight excluding hydrogens is 478 g/mol. The maximum Gasteiger partial charge on any atom is 0.350 e. The van der Waals surface area contributed by atoms with E-state index in [9.17, 15) is 29.4 Å². The molecule has 1 amide bonds. The minimum atomic E-state index is -1.19. The molecule has 1 saturated heterocycles. The highest BCUT2D eigenvalue weighted by Gasteiger charge is 2.48. The first-order valence-corrected chi connectivity index (χ1v) is 12.1. The summed E-state index contributed by atoms with van der Waals surface area (Å²) in [5.41, 5.74) is 0.358. The number of carboxylic acids is 2. The van der Waals surface area contributed by atoms with Crippen molar-refractivity contribution >= 4 is 47.0 Å². The van der Waals surface area contributed by atoms with Gasteiger partial charge >= 0.3 is 17.9 Å². The second-order valence-corrected chi connectivity index (χ2v) is 10.2. The summed E-state index contributed by atoms with van der Waals surface area (Å²) in [6, 6.07) is 4.65. The van der Waals surface area contributed by atoms with Gasteiger partial charge in [-0.05, 0) is 37.5 Å². The van der Waals surface area contributed by atoms with E-state index in [4.69, 9.17) is 9.84 Å². The average molecular weight is 508 g/mol. The molecule has 3 rings (SSSR count). The molecule has 0 radical (unpaired) electrons. The number of benzene rings is 1. The Balaban J connectivity index is 1.67. The Kier molecular flexibility index (Phi) is 8.51. The van der Waals surface area contributed by atoms with Crippen LogP contribution in [0.25, 0.3) is 0 Å². The molecule has 1 fully saturated rings. The molecule has 0 spiro atoms. The Morgan fingerprint density at radius 1 is 1.23 bits per heavy atom. The number of aliphatic imine (C=N–C) groups is 1. The number of aromatic carboxylic acids is 1. The smallest absolute Gasteiger partial charge is 0.350 e. The summed E-state index contributed by atoms with van der Waals surface area (Å²) in [5, 5.41) is 34.2. The van der Waals surface area contributed by atoms with Crippen LogP contribution in [0.15, 0.2) is 29.3 Å². The van der Waals surface area contributed by atoms with E-state index < -0.39 is 47.3 Å². The molecule has 0 bridgehead atoms. The molecule has 0 aromatic heterocycles. The molecule has 2 aliphatic rings. The number of carbonyl (C=O) groups excluding carboxylic acids is 2. The first-order chi connectivity index (χ1) is 16.5. The summed E-state index contributed by atoms with van der Waals surface area (Å²) >= 11 is 1.38. The molecule has 1 aromatic carbocycles. The Bertz CT molecular complexity index is 1030. The second kappa shape index (κ2) is 11.2. The van der Waals surface area contributed by atoms with Gasteiger partial charge in [0.1, 0.15) is 11.6 Å². The lowest BCUT2D eigenvalue weighted by atomic mass is 9.86. The van der Waals surface area contributed by atoms with Crippen LogP contribution in [-0.2, 0) is 19.1 Å². The van der Waals surface area contributed by atoms with E-state index in [1.54, 1.807) is 19.1 Å². The van der Waals surface area contributed by atoms with Crippen LogP contribution in [0, 0.1) is 11.8 Å². The fourth-order valence-electron chi connectivity index (χ4n) is 4.48. The van der Waals surface area contributed by atoms with Crippen LogP contribution in [-0.4, -0.2) is 87.2 Å². The monoisotopic (exact) mass is 507 g/mol. The van der Waals surface area contributed by atoms with Crippen LogP contribution in [0.4, 0.5) is 5.69 Å². The summed E-state index contributed by atoms with van der Waals surface area (Å²) in [7, 11) is 1.21. The van der Waals surface area contributed by atoms with Gasteiger partial charge < -0.3 is 30.7 Å². The first-order valence-electron chi connectivity index (χ1n) is 11.1. The number of nitrogens with zero attached hydrogens (tertiary/aromatic N) is 1. The Morgan fingerprint density at radius 3 is 2.54 bits per heavy atom. The number of aliphatic hydroxyl groups is 1. The van der Waals surface area contributed by atoms with E-state index >= 15 is 0 Å². The molecule has 2 unspecified atom stereocenters. The number of esters is 1. The molecule has 0 aliphatic carbocycles. The van der Waals surface area contributed by atoms with Crippen LogP contribution in [0.5, 0.6) is 0 Å². The number of thioether (sulfide) groups is 1. The van der Waals surface area contributed by atoms with Gasteiger partial charge in [0.05, 0.1) is 36.1 Å². The number of rotatable bonds is 9. The van der Waals surface area contributed by atoms with Crippen molar-refractivity contribution in [1.82, 2.24) is 5.32 Å². The zero-order valence-corrected chi connectivity index (χ0v) is 20.3. The summed E-state index contributed by atoms with van der Waals surface area (Å²) in [6.07, 6.45) is -0.648. The second-order valence-electron chi connectivity index (χ2n) is 8.71. The quantitative estimate of drug-likeness (QED) is 0.302. The van der Waals surface area contributed by atoms with Crippen molar-refractivity contribution < 1.29 is 39.2 Å². The number of carbonyl (C=O) groups is 4. The maximum atomic E-state index is 12.7. The Hall–Kier alpha value is -2.96. The highest BCUT2D eigenvalue weighted by molar-refractivity contribution is 8.01. The normalized spacial score (nSPS) is 27.5. The van der Waals surface area contributed by atoms with Crippen LogP contribution in [0.2, 0.25) is 0 Å². The molecule has 7 atom stereocenters. The average Bonchev–Trinajstić information content (AvgIpc) is 3.40. The van der Waals surface area contributed by atoms with E-state index in [1.807, 2.05) is 0 Å². The van der Waals surface area contributed by atoms with Gasteiger partial charge in [-0.1, -0.05) is 13.0 Å². The van der Waals surface area contributed by atoms with Crippen molar-refractivity contribution in [2.24, 2.45) is 16.8 Å². The summed E-state index contributed by atoms with van der Waals surface area (Å²) in [6.45, 7) is 3.69. The number of carboxylic acid groups (broad SMARTS) is 2. The summed E-state index contributed by atoms with van der Waals surface area (Å²) < 4.78 is 4.80. The largest absolute Gasteiger partial charge is 0.478 e. The lowest BCUT2D eigenvalue weighted by Gasteiger charge is -2.28. The van der Waals surface area contributed by atoms with Gasteiger partial charge in [-0.25, -0.2) is 9.59 Å². The minimum absolute atomic E-state index is 0.0586. The van der Waals surface area contributed by atoms with Gasteiger partial charge in [0.2, 0.25) is 5.91 Å². The maximum absolute atomic E-state index is 12.7.